The largest absolute Gasteiger partial charge is 0.333 e. The molecule has 0 unspecified atom stereocenters. The van der Waals surface area contributed by atoms with E-state index in [2.05, 4.69) is 33.4 Å². The molecule has 15 heteroatoms. The van der Waals surface area contributed by atoms with Gasteiger partial charge in [-0.25, -0.2) is 0 Å². The second-order valence-corrected chi connectivity index (χ2v) is 8.70. The molecule has 0 aromatic heterocycles. The molecular weight excluding hydrogens is 743 g/mol. The van der Waals surface area contributed by atoms with E-state index in [0.29, 0.717) is 6.42 Å². The summed E-state index contributed by atoms with van der Waals surface area (Å²) in [5, 5.41) is 47.7. The topological polar surface area (TPSA) is 248 Å². The molecule has 4 aromatic carbocycles. The van der Waals surface area contributed by atoms with Crippen molar-refractivity contribution >= 4 is 22.7 Å². The molecule has 4 rings (SSSR count). The molecule has 0 radical (unpaired) electrons. The highest BCUT2D eigenvalue weighted by molar-refractivity contribution is 5.29. The van der Waals surface area contributed by atoms with E-state index in [-0.39, 0.29) is 30.2 Å². The molecule has 0 heterocycles. The van der Waals surface area contributed by atoms with Crippen LogP contribution in [-0.2, 0) is 0 Å². The summed E-state index contributed by atoms with van der Waals surface area (Å²) in [7, 11) is 1.50. The fraction of sp³-hybridized carbons (Fsp3) is 0.419. The van der Waals surface area contributed by atoms with Gasteiger partial charge in [0, 0.05) is 55.0 Å². The maximum absolute atomic E-state index is 10.0. The van der Waals surface area contributed by atoms with Gasteiger partial charge in [0.05, 0.1) is 25.8 Å². The van der Waals surface area contributed by atoms with Crippen LogP contribution in [-0.4, -0.2) is 33.3 Å². The lowest BCUT2D eigenvalue weighted by Crippen LogP contribution is -1.87. The van der Waals surface area contributed by atoms with Crippen LogP contribution in [0.25, 0.3) is 0 Å². The number of rotatable bonds is 4. The van der Waals surface area contributed by atoms with Crippen molar-refractivity contribution in [3.8, 4) is 6.07 Å². The first kappa shape index (κ1) is 73.1. The normalized spacial score (nSPS) is 7.21. The molecule has 0 saturated heterocycles. The van der Waals surface area contributed by atoms with Gasteiger partial charge in [-0.05, 0) is 13.6 Å². The van der Waals surface area contributed by atoms with Crippen LogP contribution in [0, 0.1) is 51.8 Å². The maximum atomic E-state index is 10.0. The van der Waals surface area contributed by atoms with Crippen molar-refractivity contribution in [2.24, 2.45) is 11.5 Å². The van der Waals surface area contributed by atoms with E-state index in [4.69, 9.17) is 11.0 Å². The highest BCUT2D eigenvalue weighted by Gasteiger charge is 2.00. The fourth-order valence-corrected chi connectivity index (χ4v) is 2.20. The summed E-state index contributed by atoms with van der Waals surface area (Å²) in [5.41, 5.74) is 9.89. The molecule has 58 heavy (non-hydrogen) atoms. The molecule has 0 amide bonds. The molecule has 0 aliphatic rings. The van der Waals surface area contributed by atoms with Crippen LogP contribution in [0.4, 0.5) is 22.7 Å². The van der Waals surface area contributed by atoms with Gasteiger partial charge < -0.3 is 11.5 Å². The van der Waals surface area contributed by atoms with Gasteiger partial charge >= 0.3 is 0 Å². The van der Waals surface area contributed by atoms with Gasteiger partial charge in [-0.1, -0.05) is 176 Å². The van der Waals surface area contributed by atoms with Crippen molar-refractivity contribution in [1.82, 2.24) is 0 Å². The lowest BCUT2D eigenvalue weighted by atomic mass is 10.3. The highest BCUT2D eigenvalue weighted by Crippen LogP contribution is 2.09. The van der Waals surface area contributed by atoms with Crippen LogP contribution >= 0.6 is 0 Å². The van der Waals surface area contributed by atoms with Crippen molar-refractivity contribution in [1.29, 1.82) is 5.26 Å². The van der Waals surface area contributed by atoms with Crippen LogP contribution in [0.5, 0.6) is 0 Å². The van der Waals surface area contributed by atoms with E-state index in [9.17, 15) is 40.5 Å². The summed E-state index contributed by atoms with van der Waals surface area (Å²) in [4.78, 5) is 38.4. The molecule has 0 aliphatic carbocycles. The Bertz CT molecular complexity index is 1200. The van der Waals surface area contributed by atoms with E-state index >= 15 is 0 Å². The minimum atomic E-state index is -0.417. The van der Waals surface area contributed by atoms with Crippen LogP contribution in [0.1, 0.15) is 110 Å². The Morgan fingerprint density at radius 1 is 0.448 bits per heavy atom. The smallest absolute Gasteiger partial charge is 0.269 e. The van der Waals surface area contributed by atoms with Gasteiger partial charge in [0.25, 0.3) is 22.7 Å². The van der Waals surface area contributed by atoms with Crippen molar-refractivity contribution in [2.75, 3.05) is 13.6 Å². The van der Waals surface area contributed by atoms with Crippen molar-refractivity contribution in [2.45, 2.75) is 110 Å². The first-order chi connectivity index (χ1) is 27.4. The number of nitro benzene ring substituents is 4. The average Bonchev–Trinajstić information content (AvgIpc) is 3.26. The minimum absolute atomic E-state index is 0. The van der Waals surface area contributed by atoms with Crippen molar-refractivity contribution in [3.05, 3.63) is 162 Å². The summed E-state index contributed by atoms with van der Waals surface area (Å²) >= 11 is 0. The molecule has 0 saturated carbocycles. The molecule has 15 nitrogen and oxygen atoms in total. The quantitative estimate of drug-likeness (QED) is 0.145. The highest BCUT2D eigenvalue weighted by atomic mass is 16.6. The second kappa shape index (κ2) is 68.9. The van der Waals surface area contributed by atoms with Gasteiger partial charge in [-0.15, -0.1) is 0 Å². The lowest BCUT2D eigenvalue weighted by Gasteiger charge is -1.85. The molecule has 0 spiro atoms. The second-order valence-electron chi connectivity index (χ2n) is 8.70. The predicted molar refractivity (Wildman–Crippen MR) is 246 cm³/mol. The zero-order valence-electron chi connectivity index (χ0n) is 36.5. The first-order valence-corrected chi connectivity index (χ1v) is 18.8. The van der Waals surface area contributed by atoms with Gasteiger partial charge in [0.15, 0.2) is 0 Å². The summed E-state index contributed by atoms with van der Waals surface area (Å²) in [6.45, 7) is 25.0. The Labute approximate surface area is 349 Å². The van der Waals surface area contributed by atoms with E-state index < -0.39 is 19.7 Å². The Morgan fingerprint density at radius 2 is 0.552 bits per heavy atom. The molecular formula is C43H75N7O8. The molecule has 4 N–H and O–H groups in total. The average molecular weight is 818 g/mol. The number of nitrogens with zero attached hydrogens (tertiary/aromatic N) is 5. The third-order valence-electron chi connectivity index (χ3n) is 4.03. The third-order valence-corrected chi connectivity index (χ3v) is 4.03. The summed E-state index contributed by atoms with van der Waals surface area (Å²) < 4.78 is 0. The van der Waals surface area contributed by atoms with Gasteiger partial charge in [-0.3, -0.25) is 40.5 Å². The Hall–Kier alpha value is -6.11. The molecule has 0 bridgehead atoms. The number of benzene rings is 4. The SMILES string of the molecule is C.CC.CC.CC.CCC.CCC.CCC#N.CCN.CN.O=[N+]([O-])c1ccccc1.O=[N+]([O-])c1ccccc1.O=[N+]([O-])c1ccccc1.O=[N+]([O-])c1ccccc1. The Kier molecular flexibility index (Phi) is 86.7. The van der Waals surface area contributed by atoms with Crippen LogP contribution < -0.4 is 11.5 Å². The first-order valence-electron chi connectivity index (χ1n) is 18.8. The number of nitro groups is 4. The molecule has 0 fully saturated rings. The molecule has 4 aromatic rings. The Balaban J connectivity index is -0.0000000680. The van der Waals surface area contributed by atoms with E-state index in [1.54, 1.807) is 72.8 Å². The van der Waals surface area contributed by atoms with Gasteiger partial charge in [0.1, 0.15) is 0 Å². The molecule has 0 atom stereocenters. The minimum Gasteiger partial charge on any atom is -0.333 e. The number of hydrogen-bond donors (Lipinski definition) is 2. The summed E-state index contributed by atoms with van der Waals surface area (Å²) in [6, 6.07) is 33.7. The van der Waals surface area contributed by atoms with E-state index in [0.717, 1.165) is 6.54 Å². The summed E-state index contributed by atoms with van der Waals surface area (Å²) in [5.74, 6) is 0. The number of non-ortho nitro benzene ring substituents is 4. The standard InChI is InChI=1S/4C6H5NO2.C3H5N.2C3H8.C2H7N.3C2H6.CH5N.CH4/c4*8-7(9)6-4-2-1-3-5-6;1-2-3-4;2*1-3-2;1-2-3;4*1-2;/h4*1-5H;2H2,1H3;2*3H2,1-2H3;2-3H2,1H3;3*1-2H3;2H2,1H3;1H4. The van der Waals surface area contributed by atoms with Crippen LogP contribution in [0.2, 0.25) is 0 Å². The van der Waals surface area contributed by atoms with E-state index in [1.807, 2.05) is 61.5 Å². The van der Waals surface area contributed by atoms with Gasteiger partial charge in [-0.2, -0.15) is 5.26 Å². The van der Waals surface area contributed by atoms with Crippen molar-refractivity contribution < 1.29 is 19.7 Å². The Morgan fingerprint density at radius 3 is 0.603 bits per heavy atom. The summed E-state index contributed by atoms with van der Waals surface area (Å²) in [6.07, 6.45) is 3.12. The predicted octanol–water partition coefficient (Wildman–Crippen LogP) is 13.4. The van der Waals surface area contributed by atoms with Crippen LogP contribution in [0.15, 0.2) is 121 Å². The number of hydrogen-bond acceptors (Lipinski definition) is 11. The fourth-order valence-electron chi connectivity index (χ4n) is 2.20. The number of nitrogens with two attached hydrogens (primary N) is 2. The lowest BCUT2D eigenvalue weighted by molar-refractivity contribution is -0.385. The van der Waals surface area contributed by atoms with Crippen LogP contribution in [0.3, 0.4) is 0 Å². The number of nitriles is 1. The van der Waals surface area contributed by atoms with E-state index in [1.165, 1.54) is 68.4 Å². The zero-order chi connectivity index (χ0) is 46.3. The third kappa shape index (κ3) is 64.8. The molecule has 330 valence electrons. The monoisotopic (exact) mass is 818 g/mol. The van der Waals surface area contributed by atoms with Crippen molar-refractivity contribution in [3.63, 3.8) is 0 Å². The van der Waals surface area contributed by atoms with Gasteiger partial charge in [0.2, 0.25) is 0 Å². The number of para-hydroxylation sites is 4. The maximum Gasteiger partial charge on any atom is 0.269 e. The zero-order valence-corrected chi connectivity index (χ0v) is 36.5. The molecule has 0 aliphatic heterocycles.